The van der Waals surface area contributed by atoms with Crippen LogP contribution in [0.2, 0.25) is 0 Å². The quantitative estimate of drug-likeness (QED) is 0.812. The molecule has 2 aromatic carbocycles. The van der Waals surface area contributed by atoms with E-state index in [1.165, 1.54) is 29.8 Å². The maximum absolute atomic E-state index is 13.1. The minimum atomic E-state index is -0.357. The molecule has 1 fully saturated rings. The maximum Gasteiger partial charge on any atom is 0.322 e. The van der Waals surface area contributed by atoms with Crippen LogP contribution in [0.3, 0.4) is 0 Å². The van der Waals surface area contributed by atoms with Gasteiger partial charge in [0.25, 0.3) is 5.91 Å². The van der Waals surface area contributed by atoms with E-state index >= 15 is 0 Å². The minimum Gasteiger partial charge on any atom is -0.348 e. The van der Waals surface area contributed by atoms with Gasteiger partial charge in [0.2, 0.25) is 0 Å². The lowest BCUT2D eigenvalue weighted by molar-refractivity contribution is 0.0557. The second-order valence-corrected chi connectivity index (χ2v) is 8.25. The van der Waals surface area contributed by atoms with Crippen molar-refractivity contribution >= 4 is 17.6 Å². The van der Waals surface area contributed by atoms with Gasteiger partial charge in [-0.2, -0.15) is 0 Å². The number of amides is 3. The van der Waals surface area contributed by atoms with Crippen molar-refractivity contribution in [1.82, 2.24) is 15.1 Å². The Labute approximate surface area is 176 Å². The molecule has 1 atom stereocenters. The highest BCUT2D eigenvalue weighted by atomic mass is 19.1. The molecule has 1 spiro atoms. The van der Waals surface area contributed by atoms with Crippen molar-refractivity contribution in [2.24, 2.45) is 0 Å². The lowest BCUT2D eigenvalue weighted by atomic mass is 9.77. The van der Waals surface area contributed by atoms with E-state index in [1.54, 1.807) is 0 Å². The highest BCUT2D eigenvalue weighted by molar-refractivity contribution is 5.94. The number of fused-ring (bicyclic) bond motifs is 2. The Morgan fingerprint density at radius 2 is 1.83 bits per heavy atom. The molecule has 2 aromatic rings. The molecule has 0 saturated carbocycles. The monoisotopic (exact) mass is 410 g/mol. The Kier molecular flexibility index (Phi) is 5.47. The van der Waals surface area contributed by atoms with Gasteiger partial charge < -0.3 is 20.4 Å². The summed E-state index contributed by atoms with van der Waals surface area (Å²) in [6.07, 6.45) is 1.68. The van der Waals surface area contributed by atoms with E-state index < -0.39 is 0 Å². The third-order valence-corrected chi connectivity index (χ3v) is 6.32. The van der Waals surface area contributed by atoms with Crippen molar-refractivity contribution in [2.45, 2.75) is 31.3 Å². The van der Waals surface area contributed by atoms with Crippen molar-refractivity contribution in [3.05, 3.63) is 65.5 Å². The summed E-state index contributed by atoms with van der Waals surface area (Å²) < 4.78 is 13.1. The van der Waals surface area contributed by atoms with Gasteiger partial charge in [0.15, 0.2) is 0 Å². The molecule has 0 radical (unpaired) electrons. The molecule has 0 unspecified atom stereocenters. The number of nitrogens with zero attached hydrogens (tertiary/aromatic N) is 2. The third-order valence-electron chi connectivity index (χ3n) is 6.32. The van der Waals surface area contributed by atoms with Gasteiger partial charge in [0.1, 0.15) is 5.82 Å². The van der Waals surface area contributed by atoms with E-state index in [0.29, 0.717) is 5.56 Å². The number of piperidine rings is 1. The number of anilines is 1. The number of urea groups is 1. The van der Waals surface area contributed by atoms with Crippen molar-refractivity contribution in [3.8, 4) is 0 Å². The molecule has 1 saturated heterocycles. The van der Waals surface area contributed by atoms with E-state index in [0.717, 1.165) is 38.2 Å². The van der Waals surface area contributed by atoms with Crippen LogP contribution in [0, 0.1) is 5.82 Å². The highest BCUT2D eigenvalue weighted by Gasteiger charge is 2.46. The molecule has 7 heteroatoms. The van der Waals surface area contributed by atoms with Crippen LogP contribution >= 0.6 is 0 Å². The summed E-state index contributed by atoms with van der Waals surface area (Å²) in [4.78, 5) is 29.0. The molecule has 2 aliphatic rings. The molecule has 6 nitrogen and oxygen atoms in total. The smallest absolute Gasteiger partial charge is 0.322 e. The average Bonchev–Trinajstić information content (AvgIpc) is 2.74. The topological polar surface area (TPSA) is 64.7 Å². The fourth-order valence-electron chi connectivity index (χ4n) is 4.62. The van der Waals surface area contributed by atoms with Gasteiger partial charge >= 0.3 is 6.03 Å². The molecular formula is C23H27FN4O2. The van der Waals surface area contributed by atoms with Crippen LogP contribution < -0.4 is 10.6 Å². The van der Waals surface area contributed by atoms with Crippen LogP contribution in [0.4, 0.5) is 14.9 Å². The standard InChI is InChI=1S/C23H27FN4O2/c1-16(25-21(29)17-7-9-18(24)10-8-17)15-28-13-11-23(12-14-28)19-5-3-4-6-20(19)26-22(30)27(23)2/h3-10,16H,11-15H2,1-2H3,(H,25,29)(H,26,30)/t16-/m0/s1. The summed E-state index contributed by atoms with van der Waals surface area (Å²) in [6, 6.07) is 13.5. The van der Waals surface area contributed by atoms with Gasteiger partial charge in [-0.1, -0.05) is 18.2 Å². The number of benzene rings is 2. The lowest BCUT2D eigenvalue weighted by Crippen LogP contribution is -2.58. The molecule has 3 amide bonds. The van der Waals surface area contributed by atoms with Crippen molar-refractivity contribution in [3.63, 3.8) is 0 Å². The Bertz CT molecular complexity index is 938. The van der Waals surface area contributed by atoms with E-state index in [2.05, 4.69) is 21.6 Å². The van der Waals surface area contributed by atoms with Crippen molar-refractivity contribution < 1.29 is 14.0 Å². The van der Waals surface area contributed by atoms with E-state index in [9.17, 15) is 14.0 Å². The first-order chi connectivity index (χ1) is 14.4. The number of halogens is 1. The molecule has 30 heavy (non-hydrogen) atoms. The second-order valence-electron chi connectivity index (χ2n) is 8.25. The fraction of sp³-hybridized carbons (Fsp3) is 0.391. The zero-order chi connectivity index (χ0) is 21.3. The van der Waals surface area contributed by atoms with Gasteiger partial charge in [-0.15, -0.1) is 0 Å². The molecule has 2 aliphatic heterocycles. The zero-order valence-corrected chi connectivity index (χ0v) is 17.3. The molecule has 2 heterocycles. The maximum atomic E-state index is 13.1. The van der Waals surface area contributed by atoms with Gasteiger partial charge in [0, 0.05) is 49.5 Å². The molecule has 2 N–H and O–H groups in total. The van der Waals surface area contributed by atoms with Crippen LogP contribution in [0.5, 0.6) is 0 Å². The fourth-order valence-corrected chi connectivity index (χ4v) is 4.62. The average molecular weight is 410 g/mol. The van der Waals surface area contributed by atoms with Gasteiger partial charge in [-0.3, -0.25) is 4.79 Å². The van der Waals surface area contributed by atoms with E-state index in [4.69, 9.17) is 0 Å². The summed E-state index contributed by atoms with van der Waals surface area (Å²) in [5.74, 6) is -0.557. The summed E-state index contributed by atoms with van der Waals surface area (Å²) >= 11 is 0. The molecule has 0 aliphatic carbocycles. The number of rotatable bonds is 4. The number of carbonyl (C=O) groups excluding carboxylic acids is 2. The molecule has 0 aromatic heterocycles. The summed E-state index contributed by atoms with van der Waals surface area (Å²) in [6.45, 7) is 4.37. The van der Waals surface area contributed by atoms with Crippen LogP contribution in [-0.4, -0.2) is 54.5 Å². The molecule has 4 rings (SSSR count). The predicted molar refractivity (Wildman–Crippen MR) is 114 cm³/mol. The van der Waals surface area contributed by atoms with Gasteiger partial charge in [-0.25, -0.2) is 9.18 Å². The number of likely N-dealkylation sites (tertiary alicyclic amines) is 1. The lowest BCUT2D eigenvalue weighted by Gasteiger charge is -2.50. The van der Waals surface area contributed by atoms with E-state index in [1.807, 2.05) is 37.1 Å². The number of hydrogen-bond donors (Lipinski definition) is 2. The first-order valence-corrected chi connectivity index (χ1v) is 10.3. The Morgan fingerprint density at radius 1 is 1.17 bits per heavy atom. The van der Waals surface area contributed by atoms with Crippen molar-refractivity contribution in [2.75, 3.05) is 32.0 Å². The van der Waals surface area contributed by atoms with Crippen LogP contribution in [-0.2, 0) is 5.54 Å². The van der Waals surface area contributed by atoms with Crippen LogP contribution in [0.1, 0.15) is 35.7 Å². The molecular weight excluding hydrogens is 383 g/mol. The minimum absolute atomic E-state index is 0.0451. The number of hydrogen-bond acceptors (Lipinski definition) is 3. The van der Waals surface area contributed by atoms with Gasteiger partial charge in [0.05, 0.1) is 5.54 Å². The first kappa shape index (κ1) is 20.3. The Hall–Kier alpha value is -2.93. The third kappa shape index (κ3) is 3.77. The van der Waals surface area contributed by atoms with Crippen LogP contribution in [0.25, 0.3) is 0 Å². The second kappa shape index (κ2) is 8.07. The largest absolute Gasteiger partial charge is 0.348 e. The van der Waals surface area contributed by atoms with E-state index in [-0.39, 0.29) is 29.3 Å². The predicted octanol–water partition coefficient (Wildman–Crippen LogP) is 3.41. The number of carbonyl (C=O) groups is 2. The summed E-state index contributed by atoms with van der Waals surface area (Å²) in [5.41, 5.74) is 2.22. The summed E-state index contributed by atoms with van der Waals surface area (Å²) in [7, 11) is 1.87. The highest BCUT2D eigenvalue weighted by Crippen LogP contribution is 2.44. The van der Waals surface area contributed by atoms with Gasteiger partial charge in [-0.05, 0) is 50.1 Å². The number of nitrogens with one attached hydrogen (secondary N) is 2. The van der Waals surface area contributed by atoms with Crippen LogP contribution in [0.15, 0.2) is 48.5 Å². The molecule has 0 bridgehead atoms. The van der Waals surface area contributed by atoms with Crippen molar-refractivity contribution in [1.29, 1.82) is 0 Å². The zero-order valence-electron chi connectivity index (χ0n) is 17.3. The molecule has 158 valence electrons. The summed E-state index contributed by atoms with van der Waals surface area (Å²) in [5, 5.41) is 5.96. The first-order valence-electron chi connectivity index (χ1n) is 10.3. The SMILES string of the molecule is C[C@@H](CN1CCC2(CC1)c1ccccc1NC(=O)N2C)NC(=O)c1ccc(F)cc1. The Morgan fingerprint density at radius 3 is 2.53 bits per heavy atom. The normalized spacial score (nSPS) is 19.2. The number of para-hydroxylation sites is 1. The Balaban J connectivity index is 1.38.